The van der Waals surface area contributed by atoms with Crippen molar-refractivity contribution in [1.29, 1.82) is 0 Å². The first-order chi connectivity index (χ1) is 9.26. The summed E-state index contributed by atoms with van der Waals surface area (Å²) in [7, 11) is 0.777. The average Bonchev–Trinajstić information content (AvgIpc) is 2.25. The minimum Gasteiger partial charge on any atom is -0.317 e. The molecule has 0 saturated carbocycles. The maximum Gasteiger partial charge on any atom is 0.211 e. The zero-order valence-corrected chi connectivity index (χ0v) is 14.6. The van der Waals surface area contributed by atoms with E-state index in [0.29, 0.717) is 12.3 Å². The summed E-state index contributed by atoms with van der Waals surface area (Å²) in [6.07, 6.45) is 2.48. The molecule has 0 aromatic heterocycles. The van der Waals surface area contributed by atoms with E-state index in [-0.39, 0.29) is 11.8 Å². The third-order valence-electron chi connectivity index (χ3n) is 2.95. The van der Waals surface area contributed by atoms with E-state index in [1.54, 1.807) is 0 Å². The predicted molar refractivity (Wildman–Crippen MR) is 86.5 cm³/mol. The Labute approximate surface area is 125 Å². The molecule has 0 aromatic rings. The molecule has 6 heteroatoms. The second-order valence-electron chi connectivity index (χ2n) is 6.09. The van der Waals surface area contributed by atoms with Crippen LogP contribution >= 0.6 is 0 Å². The maximum absolute atomic E-state index is 12.1. The Balaban J connectivity index is 4.22. The van der Waals surface area contributed by atoms with Crippen molar-refractivity contribution in [2.45, 2.75) is 46.1 Å². The van der Waals surface area contributed by atoms with Crippen LogP contribution in [0.2, 0.25) is 0 Å². The third kappa shape index (κ3) is 11.6. The first-order valence-corrected chi connectivity index (χ1v) is 9.27. The monoisotopic (exact) mass is 307 g/mol. The SMILES string of the molecule is CCNCCCCS(=O)(=O)NC(CC(C)C)CN(C)C. The number of unbranched alkanes of at least 4 members (excludes halogenated alkanes) is 1. The van der Waals surface area contributed by atoms with Crippen molar-refractivity contribution in [3.63, 3.8) is 0 Å². The van der Waals surface area contributed by atoms with E-state index in [4.69, 9.17) is 0 Å². The van der Waals surface area contributed by atoms with Gasteiger partial charge in [0.25, 0.3) is 0 Å². The van der Waals surface area contributed by atoms with Gasteiger partial charge in [-0.1, -0.05) is 20.8 Å². The van der Waals surface area contributed by atoms with E-state index >= 15 is 0 Å². The van der Waals surface area contributed by atoms with E-state index in [1.807, 2.05) is 19.0 Å². The van der Waals surface area contributed by atoms with Crippen LogP contribution in [0, 0.1) is 5.92 Å². The zero-order valence-electron chi connectivity index (χ0n) is 13.8. The van der Waals surface area contributed by atoms with Gasteiger partial charge in [0, 0.05) is 12.6 Å². The number of nitrogens with one attached hydrogen (secondary N) is 2. The zero-order chi connectivity index (χ0) is 15.6. The summed E-state index contributed by atoms with van der Waals surface area (Å²) in [6, 6.07) is 0.00349. The fourth-order valence-corrected chi connectivity index (χ4v) is 3.58. The Morgan fingerprint density at radius 3 is 2.30 bits per heavy atom. The van der Waals surface area contributed by atoms with Crippen LogP contribution in [0.3, 0.4) is 0 Å². The molecule has 2 N–H and O–H groups in total. The van der Waals surface area contributed by atoms with E-state index in [9.17, 15) is 8.42 Å². The van der Waals surface area contributed by atoms with Crippen molar-refractivity contribution in [1.82, 2.24) is 14.9 Å². The van der Waals surface area contributed by atoms with E-state index in [1.165, 1.54) is 0 Å². The number of likely N-dealkylation sites (N-methyl/N-ethyl adjacent to an activating group) is 1. The lowest BCUT2D eigenvalue weighted by molar-refractivity contribution is 0.329. The molecule has 1 unspecified atom stereocenters. The van der Waals surface area contributed by atoms with Crippen LogP contribution in [0.4, 0.5) is 0 Å². The Hall–Kier alpha value is -0.170. The van der Waals surface area contributed by atoms with Gasteiger partial charge in [0.05, 0.1) is 5.75 Å². The quantitative estimate of drug-likeness (QED) is 0.533. The maximum atomic E-state index is 12.1. The van der Waals surface area contributed by atoms with E-state index in [2.05, 4.69) is 30.8 Å². The topological polar surface area (TPSA) is 61.4 Å². The van der Waals surface area contributed by atoms with Crippen LogP contribution in [-0.2, 0) is 10.0 Å². The van der Waals surface area contributed by atoms with Crippen molar-refractivity contribution in [3.05, 3.63) is 0 Å². The summed E-state index contributed by atoms with van der Waals surface area (Å²) in [5, 5.41) is 3.21. The highest BCUT2D eigenvalue weighted by Crippen LogP contribution is 2.07. The Kier molecular flexibility index (Phi) is 10.5. The van der Waals surface area contributed by atoms with Crippen molar-refractivity contribution in [2.24, 2.45) is 5.92 Å². The highest BCUT2D eigenvalue weighted by molar-refractivity contribution is 7.89. The van der Waals surface area contributed by atoms with Gasteiger partial charge in [0.1, 0.15) is 0 Å². The molecular weight excluding hydrogens is 274 g/mol. The second kappa shape index (κ2) is 10.5. The molecule has 0 fully saturated rings. The van der Waals surface area contributed by atoms with Crippen molar-refractivity contribution in [2.75, 3.05) is 39.5 Å². The summed E-state index contributed by atoms with van der Waals surface area (Å²) in [6.45, 7) is 8.86. The molecule has 0 heterocycles. The summed E-state index contributed by atoms with van der Waals surface area (Å²) in [5.74, 6) is 0.705. The van der Waals surface area contributed by atoms with Crippen LogP contribution in [0.1, 0.15) is 40.0 Å². The van der Waals surface area contributed by atoms with Crippen LogP contribution in [0.25, 0.3) is 0 Å². The molecule has 0 aliphatic heterocycles. The summed E-state index contributed by atoms with van der Waals surface area (Å²) in [5.41, 5.74) is 0. The second-order valence-corrected chi connectivity index (χ2v) is 7.96. The van der Waals surface area contributed by atoms with E-state index in [0.717, 1.165) is 32.5 Å². The molecule has 0 aromatic carbocycles. The molecule has 0 spiro atoms. The lowest BCUT2D eigenvalue weighted by Crippen LogP contribution is -2.43. The smallest absolute Gasteiger partial charge is 0.211 e. The fraction of sp³-hybridized carbons (Fsp3) is 1.00. The predicted octanol–water partition coefficient (Wildman–Crippen LogP) is 1.27. The van der Waals surface area contributed by atoms with Gasteiger partial charge in [-0.15, -0.1) is 0 Å². The van der Waals surface area contributed by atoms with Gasteiger partial charge in [-0.05, 0) is 52.4 Å². The first kappa shape index (κ1) is 19.8. The lowest BCUT2D eigenvalue weighted by atomic mass is 10.0. The molecule has 0 saturated heterocycles. The molecule has 0 aliphatic carbocycles. The third-order valence-corrected chi connectivity index (χ3v) is 4.47. The van der Waals surface area contributed by atoms with Gasteiger partial charge in [0.15, 0.2) is 0 Å². The molecule has 0 amide bonds. The summed E-state index contributed by atoms with van der Waals surface area (Å²) in [4.78, 5) is 2.03. The molecule has 0 bridgehead atoms. The number of hydrogen-bond acceptors (Lipinski definition) is 4. The molecule has 5 nitrogen and oxygen atoms in total. The lowest BCUT2D eigenvalue weighted by Gasteiger charge is -2.23. The van der Waals surface area contributed by atoms with Crippen LogP contribution < -0.4 is 10.0 Å². The van der Waals surface area contributed by atoms with Crippen molar-refractivity contribution < 1.29 is 8.42 Å². The van der Waals surface area contributed by atoms with Gasteiger partial charge in [-0.3, -0.25) is 0 Å². The number of hydrogen-bond donors (Lipinski definition) is 2. The summed E-state index contributed by atoms with van der Waals surface area (Å²) < 4.78 is 27.0. The fourth-order valence-electron chi connectivity index (χ4n) is 2.20. The minimum atomic E-state index is -3.16. The van der Waals surface area contributed by atoms with Gasteiger partial charge in [0.2, 0.25) is 10.0 Å². The standard InChI is InChI=1S/C14H33N3O2S/c1-6-15-9-7-8-10-20(18,19)16-14(11-13(2)3)12-17(4)5/h13-16H,6-12H2,1-5H3. The Morgan fingerprint density at radius 2 is 1.80 bits per heavy atom. The molecule has 0 aliphatic rings. The molecule has 0 radical (unpaired) electrons. The van der Waals surface area contributed by atoms with Crippen molar-refractivity contribution >= 4 is 10.0 Å². The number of sulfonamides is 1. The Bertz CT molecular complexity index is 319. The number of nitrogens with zero attached hydrogens (tertiary/aromatic N) is 1. The largest absolute Gasteiger partial charge is 0.317 e. The molecule has 1 atom stereocenters. The highest BCUT2D eigenvalue weighted by atomic mass is 32.2. The molecule has 20 heavy (non-hydrogen) atoms. The van der Waals surface area contributed by atoms with Crippen molar-refractivity contribution in [3.8, 4) is 0 Å². The Morgan fingerprint density at radius 1 is 1.15 bits per heavy atom. The van der Waals surface area contributed by atoms with Gasteiger partial charge in [-0.2, -0.15) is 0 Å². The molecule has 0 rings (SSSR count). The first-order valence-electron chi connectivity index (χ1n) is 7.62. The van der Waals surface area contributed by atoms with Crippen LogP contribution in [0.5, 0.6) is 0 Å². The van der Waals surface area contributed by atoms with E-state index < -0.39 is 10.0 Å². The highest BCUT2D eigenvalue weighted by Gasteiger charge is 2.19. The van der Waals surface area contributed by atoms with Crippen LogP contribution in [-0.4, -0.2) is 58.8 Å². The molecular formula is C14H33N3O2S. The van der Waals surface area contributed by atoms with Gasteiger partial charge in [-0.25, -0.2) is 13.1 Å². The minimum absolute atomic E-state index is 0.00349. The number of rotatable bonds is 12. The normalized spacial score (nSPS) is 14.2. The average molecular weight is 308 g/mol. The molecule has 122 valence electrons. The summed E-state index contributed by atoms with van der Waals surface area (Å²) >= 11 is 0. The van der Waals surface area contributed by atoms with Gasteiger partial charge < -0.3 is 10.2 Å². The van der Waals surface area contributed by atoms with Gasteiger partial charge >= 0.3 is 0 Å². The van der Waals surface area contributed by atoms with Crippen LogP contribution in [0.15, 0.2) is 0 Å².